The van der Waals surface area contributed by atoms with Crippen molar-refractivity contribution in [3.63, 3.8) is 0 Å². The smallest absolute Gasteiger partial charge is 0.209 e. The highest BCUT2D eigenvalue weighted by Gasteiger charge is 2.14. The minimum atomic E-state index is 0.0457. The number of methoxy groups -OCH3 is 1. The monoisotopic (exact) mass is 387 g/mol. The molecule has 0 aliphatic carbocycles. The third-order valence-corrected chi connectivity index (χ3v) is 4.98. The summed E-state index contributed by atoms with van der Waals surface area (Å²) in [7, 11) is 1.58. The van der Waals surface area contributed by atoms with E-state index in [1.54, 1.807) is 25.3 Å². The van der Waals surface area contributed by atoms with Gasteiger partial charge in [0.1, 0.15) is 5.75 Å². The van der Waals surface area contributed by atoms with Crippen LogP contribution in [0.3, 0.4) is 0 Å². The van der Waals surface area contributed by atoms with Crippen molar-refractivity contribution in [3.05, 3.63) is 58.6 Å². The van der Waals surface area contributed by atoms with Gasteiger partial charge in [0.05, 0.1) is 18.4 Å². The van der Waals surface area contributed by atoms with Gasteiger partial charge in [0, 0.05) is 10.6 Å². The number of carbonyl (C=O) groups excluding carboxylic acids is 1. The Kier molecular flexibility index (Phi) is 5.96. The molecule has 1 aromatic heterocycles. The first kappa shape index (κ1) is 18.5. The number of H-pyrrole nitrogens is 1. The summed E-state index contributed by atoms with van der Waals surface area (Å²) in [6.45, 7) is 2.09. The fraction of sp³-hybridized carbons (Fsp3) is 0.211. The van der Waals surface area contributed by atoms with E-state index in [-0.39, 0.29) is 11.5 Å². The lowest BCUT2D eigenvalue weighted by Gasteiger charge is -2.05. The zero-order chi connectivity index (χ0) is 18.5. The SMILES string of the molecule is CCc1ccc(C(=O)CSc2n[nH]c(-c3cc(Cl)ccc3OC)n2)cc1. The molecule has 3 rings (SSSR count). The number of nitrogens with one attached hydrogen (secondary N) is 1. The van der Waals surface area contributed by atoms with Gasteiger partial charge in [0.15, 0.2) is 11.6 Å². The number of carbonyl (C=O) groups is 1. The highest BCUT2D eigenvalue weighted by atomic mass is 35.5. The Labute approximate surface area is 161 Å². The second kappa shape index (κ2) is 8.38. The maximum atomic E-state index is 12.3. The highest BCUT2D eigenvalue weighted by Crippen LogP contribution is 2.31. The number of hydrogen-bond donors (Lipinski definition) is 1. The average Bonchev–Trinajstić information content (AvgIpc) is 3.15. The summed E-state index contributed by atoms with van der Waals surface area (Å²) < 4.78 is 5.33. The minimum Gasteiger partial charge on any atom is -0.496 e. The first-order valence-electron chi connectivity index (χ1n) is 8.12. The molecule has 0 amide bonds. The van der Waals surface area contributed by atoms with E-state index in [1.165, 1.54) is 17.3 Å². The lowest BCUT2D eigenvalue weighted by Crippen LogP contribution is -2.02. The van der Waals surface area contributed by atoms with Crippen LogP contribution in [0.15, 0.2) is 47.6 Å². The molecule has 1 N–H and O–H groups in total. The van der Waals surface area contributed by atoms with Crippen LogP contribution in [0, 0.1) is 0 Å². The third-order valence-electron chi connectivity index (χ3n) is 3.90. The molecule has 5 nitrogen and oxygen atoms in total. The number of rotatable bonds is 7. The van der Waals surface area contributed by atoms with Gasteiger partial charge in [0.25, 0.3) is 0 Å². The van der Waals surface area contributed by atoms with Gasteiger partial charge in [-0.2, -0.15) is 0 Å². The Bertz CT molecular complexity index is 909. The second-order valence-electron chi connectivity index (χ2n) is 5.57. The number of ketones is 1. The number of aromatic amines is 1. The van der Waals surface area contributed by atoms with E-state index in [2.05, 4.69) is 22.1 Å². The molecule has 1 heterocycles. The number of aryl methyl sites for hydroxylation is 1. The predicted molar refractivity (Wildman–Crippen MR) is 104 cm³/mol. The van der Waals surface area contributed by atoms with Crippen molar-refractivity contribution < 1.29 is 9.53 Å². The van der Waals surface area contributed by atoms with Crippen molar-refractivity contribution >= 4 is 29.1 Å². The molecule has 0 aliphatic heterocycles. The number of nitrogens with zero attached hydrogens (tertiary/aromatic N) is 2. The number of hydrogen-bond acceptors (Lipinski definition) is 5. The largest absolute Gasteiger partial charge is 0.496 e. The van der Waals surface area contributed by atoms with Crippen LogP contribution in [0.1, 0.15) is 22.8 Å². The van der Waals surface area contributed by atoms with E-state index in [9.17, 15) is 4.79 Å². The summed E-state index contributed by atoms with van der Waals surface area (Å²) in [5, 5.41) is 8.12. The molecule has 0 fully saturated rings. The van der Waals surface area contributed by atoms with Gasteiger partial charge >= 0.3 is 0 Å². The van der Waals surface area contributed by atoms with Crippen molar-refractivity contribution in [2.75, 3.05) is 12.9 Å². The quantitative estimate of drug-likeness (QED) is 0.471. The summed E-state index contributed by atoms with van der Waals surface area (Å²) in [6.07, 6.45) is 0.955. The zero-order valence-corrected chi connectivity index (χ0v) is 16.0. The lowest BCUT2D eigenvalue weighted by molar-refractivity contribution is 0.102. The third kappa shape index (κ3) is 4.26. The zero-order valence-electron chi connectivity index (χ0n) is 14.5. The maximum absolute atomic E-state index is 12.3. The second-order valence-corrected chi connectivity index (χ2v) is 6.95. The summed E-state index contributed by atoms with van der Waals surface area (Å²) >= 11 is 7.34. The van der Waals surface area contributed by atoms with Gasteiger partial charge in [-0.3, -0.25) is 9.89 Å². The Balaban J connectivity index is 1.69. The molecule has 134 valence electrons. The van der Waals surface area contributed by atoms with Crippen LogP contribution in [-0.4, -0.2) is 33.8 Å². The van der Waals surface area contributed by atoms with Crippen molar-refractivity contribution in [1.82, 2.24) is 15.2 Å². The van der Waals surface area contributed by atoms with Crippen LogP contribution >= 0.6 is 23.4 Å². The summed E-state index contributed by atoms with van der Waals surface area (Å²) in [6, 6.07) is 13.0. The highest BCUT2D eigenvalue weighted by molar-refractivity contribution is 7.99. The van der Waals surface area contributed by atoms with Gasteiger partial charge < -0.3 is 4.74 Å². The maximum Gasteiger partial charge on any atom is 0.209 e. The molecule has 7 heteroatoms. The summed E-state index contributed by atoms with van der Waals surface area (Å²) in [5.74, 6) is 1.51. The standard InChI is InChI=1S/C19H18ClN3O2S/c1-3-12-4-6-13(7-5-12)16(24)11-26-19-21-18(22-23-19)15-10-14(20)8-9-17(15)25-2/h4-10H,3,11H2,1-2H3,(H,21,22,23). The van der Waals surface area contributed by atoms with Gasteiger partial charge in [-0.1, -0.05) is 54.6 Å². The molecule has 0 radical (unpaired) electrons. The van der Waals surface area contributed by atoms with Gasteiger partial charge in [-0.05, 0) is 30.2 Å². The first-order chi connectivity index (χ1) is 12.6. The molecule has 2 aromatic carbocycles. The summed E-state index contributed by atoms with van der Waals surface area (Å²) in [4.78, 5) is 16.7. The Morgan fingerprint density at radius 2 is 2.00 bits per heavy atom. The van der Waals surface area contributed by atoms with E-state index in [4.69, 9.17) is 16.3 Å². The lowest BCUT2D eigenvalue weighted by atomic mass is 10.1. The molecular weight excluding hydrogens is 370 g/mol. The van der Waals surface area contributed by atoms with E-state index >= 15 is 0 Å². The molecule has 0 spiro atoms. The Morgan fingerprint density at radius 1 is 1.23 bits per heavy atom. The molecule has 0 atom stereocenters. The van der Waals surface area contributed by atoms with E-state index in [0.29, 0.717) is 27.3 Å². The number of thioether (sulfide) groups is 1. The molecule has 26 heavy (non-hydrogen) atoms. The van der Waals surface area contributed by atoms with Crippen molar-refractivity contribution in [3.8, 4) is 17.1 Å². The number of ether oxygens (including phenoxy) is 1. The van der Waals surface area contributed by atoms with Gasteiger partial charge in [-0.15, -0.1) is 5.10 Å². The molecule has 0 unspecified atom stereocenters. The first-order valence-corrected chi connectivity index (χ1v) is 9.48. The Hall–Kier alpha value is -2.31. The molecule has 0 bridgehead atoms. The fourth-order valence-corrected chi connectivity index (χ4v) is 3.30. The van der Waals surface area contributed by atoms with E-state index in [1.807, 2.05) is 24.3 Å². The predicted octanol–water partition coefficient (Wildman–Crippen LogP) is 4.67. The van der Waals surface area contributed by atoms with Crippen LogP contribution in [0.25, 0.3) is 11.4 Å². The minimum absolute atomic E-state index is 0.0457. The van der Waals surface area contributed by atoms with Crippen LogP contribution in [-0.2, 0) is 6.42 Å². The molecule has 0 saturated carbocycles. The topological polar surface area (TPSA) is 67.9 Å². The number of benzene rings is 2. The average molecular weight is 388 g/mol. The van der Waals surface area contributed by atoms with Crippen LogP contribution in [0.4, 0.5) is 0 Å². The van der Waals surface area contributed by atoms with Crippen LogP contribution in [0.2, 0.25) is 5.02 Å². The Morgan fingerprint density at radius 3 is 2.69 bits per heavy atom. The number of aromatic nitrogens is 3. The van der Waals surface area contributed by atoms with Crippen molar-refractivity contribution in [1.29, 1.82) is 0 Å². The molecule has 0 saturated heterocycles. The molecular formula is C19H18ClN3O2S. The van der Waals surface area contributed by atoms with Crippen molar-refractivity contribution in [2.24, 2.45) is 0 Å². The van der Waals surface area contributed by atoms with E-state index in [0.717, 1.165) is 12.0 Å². The van der Waals surface area contributed by atoms with Gasteiger partial charge in [0.2, 0.25) is 5.16 Å². The fourth-order valence-electron chi connectivity index (χ4n) is 2.44. The van der Waals surface area contributed by atoms with Crippen LogP contribution in [0.5, 0.6) is 5.75 Å². The van der Waals surface area contributed by atoms with Crippen molar-refractivity contribution in [2.45, 2.75) is 18.5 Å². The van der Waals surface area contributed by atoms with E-state index < -0.39 is 0 Å². The number of halogens is 1. The molecule has 0 aliphatic rings. The van der Waals surface area contributed by atoms with Gasteiger partial charge in [-0.25, -0.2) is 4.98 Å². The van der Waals surface area contributed by atoms with Crippen LogP contribution < -0.4 is 4.74 Å². The summed E-state index contributed by atoms with van der Waals surface area (Å²) in [5.41, 5.74) is 2.63. The molecule has 3 aromatic rings. The normalized spacial score (nSPS) is 10.7. The number of Topliss-reactive ketones (excluding diaryl/α,β-unsaturated/α-hetero) is 1.